The molecular formula is C15H18N4OS. The number of para-hydroxylation sites is 1. The Balaban J connectivity index is 1.93. The molecule has 1 aliphatic rings. The van der Waals surface area contributed by atoms with Gasteiger partial charge in [-0.15, -0.1) is 0 Å². The van der Waals surface area contributed by atoms with Gasteiger partial charge in [0.1, 0.15) is 10.7 Å². The number of nitrogens with two attached hydrogens (primary N) is 1. The van der Waals surface area contributed by atoms with Crippen molar-refractivity contribution in [2.75, 3.05) is 29.0 Å². The van der Waals surface area contributed by atoms with E-state index in [0.29, 0.717) is 15.8 Å². The Bertz CT molecular complexity index is 667. The summed E-state index contributed by atoms with van der Waals surface area (Å²) in [4.78, 5) is 19.3. The van der Waals surface area contributed by atoms with E-state index in [1.165, 1.54) is 16.9 Å². The molecule has 0 saturated heterocycles. The van der Waals surface area contributed by atoms with E-state index >= 15 is 0 Å². The molecule has 6 heteroatoms. The first-order valence-corrected chi connectivity index (χ1v) is 7.92. The van der Waals surface area contributed by atoms with Crippen LogP contribution in [0.5, 0.6) is 0 Å². The number of amides is 1. The number of aromatic nitrogens is 1. The molecule has 0 atom stereocenters. The van der Waals surface area contributed by atoms with Gasteiger partial charge in [0.15, 0.2) is 5.13 Å². The molecule has 0 fully saturated rings. The minimum absolute atomic E-state index is 0.0543. The van der Waals surface area contributed by atoms with Gasteiger partial charge >= 0.3 is 0 Å². The molecule has 0 saturated carbocycles. The number of anilines is 3. The maximum Gasteiger partial charge on any atom is 0.272 e. The molecule has 1 amide bonds. The molecule has 0 unspecified atom stereocenters. The zero-order valence-corrected chi connectivity index (χ0v) is 12.7. The summed E-state index contributed by atoms with van der Waals surface area (Å²) >= 11 is 1.32. The molecule has 1 aromatic carbocycles. The average molecular weight is 302 g/mol. The number of nitrogen functional groups attached to an aromatic ring is 1. The number of nitrogens with one attached hydrogen (secondary N) is 1. The Morgan fingerprint density at radius 2 is 2.29 bits per heavy atom. The predicted molar refractivity (Wildman–Crippen MR) is 87.1 cm³/mol. The second-order valence-corrected chi connectivity index (χ2v) is 5.95. The molecule has 2 heterocycles. The molecule has 1 aliphatic heterocycles. The van der Waals surface area contributed by atoms with Crippen molar-refractivity contribution >= 4 is 33.9 Å². The Labute approximate surface area is 127 Å². The number of carbonyl (C=O) groups is 1. The lowest BCUT2D eigenvalue weighted by Crippen LogP contribution is -2.35. The van der Waals surface area contributed by atoms with Crippen LogP contribution >= 0.6 is 11.3 Å². The van der Waals surface area contributed by atoms with E-state index in [2.05, 4.69) is 16.4 Å². The van der Waals surface area contributed by atoms with E-state index in [-0.39, 0.29) is 5.91 Å². The second-order valence-electron chi connectivity index (χ2n) is 4.95. The van der Waals surface area contributed by atoms with Crippen LogP contribution in [-0.2, 0) is 6.42 Å². The molecular weight excluding hydrogens is 284 g/mol. The van der Waals surface area contributed by atoms with Crippen LogP contribution in [-0.4, -0.2) is 24.0 Å². The van der Waals surface area contributed by atoms with Crippen molar-refractivity contribution in [3.63, 3.8) is 0 Å². The smallest absolute Gasteiger partial charge is 0.272 e. The lowest BCUT2D eigenvalue weighted by Gasteiger charge is -2.29. The molecule has 3 N–H and O–H groups in total. The monoisotopic (exact) mass is 302 g/mol. The molecule has 5 nitrogen and oxygen atoms in total. The third kappa shape index (κ3) is 2.58. The summed E-state index contributed by atoms with van der Waals surface area (Å²) in [6.45, 7) is 3.47. The van der Waals surface area contributed by atoms with Crippen LogP contribution in [0, 0.1) is 0 Å². The normalized spacial score (nSPS) is 13.9. The quantitative estimate of drug-likeness (QED) is 0.914. The summed E-state index contributed by atoms with van der Waals surface area (Å²) in [6.07, 6.45) is 1.99. The number of benzene rings is 1. The Kier molecular flexibility index (Phi) is 3.79. The average Bonchev–Trinajstić information content (AvgIpc) is 2.87. The molecule has 0 spiro atoms. The van der Waals surface area contributed by atoms with Crippen LogP contribution in [0.1, 0.15) is 28.6 Å². The zero-order chi connectivity index (χ0) is 14.8. The highest BCUT2D eigenvalue weighted by atomic mass is 32.1. The molecule has 110 valence electrons. The topological polar surface area (TPSA) is 71.2 Å². The highest BCUT2D eigenvalue weighted by Gasteiger charge is 2.26. The van der Waals surface area contributed by atoms with Crippen molar-refractivity contribution in [1.82, 2.24) is 4.98 Å². The van der Waals surface area contributed by atoms with E-state index in [9.17, 15) is 4.79 Å². The maximum absolute atomic E-state index is 12.8. The Morgan fingerprint density at radius 3 is 3.10 bits per heavy atom. The minimum atomic E-state index is -0.0543. The van der Waals surface area contributed by atoms with Crippen molar-refractivity contribution in [1.29, 1.82) is 0 Å². The standard InChI is InChI=1S/C15H18N4OS/c1-2-17-15-18-13(16)12(21-15)14(20)19-9-5-7-10-6-3-4-8-11(10)19/h3-4,6,8H,2,5,7,9,16H2,1H3,(H,17,18). The summed E-state index contributed by atoms with van der Waals surface area (Å²) in [5.74, 6) is 0.255. The predicted octanol–water partition coefficient (Wildman–Crippen LogP) is 2.75. The number of thiazole rings is 1. The molecule has 1 aromatic heterocycles. The summed E-state index contributed by atoms with van der Waals surface area (Å²) in [5.41, 5.74) is 8.12. The lowest BCUT2D eigenvalue weighted by atomic mass is 10.0. The van der Waals surface area contributed by atoms with Crippen LogP contribution in [0.3, 0.4) is 0 Å². The third-order valence-corrected chi connectivity index (χ3v) is 4.55. The van der Waals surface area contributed by atoms with Crippen LogP contribution < -0.4 is 16.0 Å². The second kappa shape index (κ2) is 5.73. The Hall–Kier alpha value is -2.08. The summed E-state index contributed by atoms with van der Waals surface area (Å²) in [6, 6.07) is 8.05. The van der Waals surface area contributed by atoms with Gasteiger partial charge < -0.3 is 16.0 Å². The van der Waals surface area contributed by atoms with Crippen LogP contribution in [0.15, 0.2) is 24.3 Å². The fraction of sp³-hybridized carbons (Fsp3) is 0.333. The van der Waals surface area contributed by atoms with E-state index in [4.69, 9.17) is 5.73 Å². The van der Waals surface area contributed by atoms with Crippen molar-refractivity contribution < 1.29 is 4.79 Å². The van der Waals surface area contributed by atoms with E-state index in [1.807, 2.05) is 30.0 Å². The number of aryl methyl sites for hydroxylation is 1. The number of fused-ring (bicyclic) bond motifs is 1. The van der Waals surface area contributed by atoms with Gasteiger partial charge in [-0.3, -0.25) is 4.79 Å². The van der Waals surface area contributed by atoms with Gasteiger partial charge in [0.05, 0.1) is 0 Å². The summed E-state index contributed by atoms with van der Waals surface area (Å²) < 4.78 is 0. The van der Waals surface area contributed by atoms with Crippen molar-refractivity contribution in [3.05, 3.63) is 34.7 Å². The summed E-state index contributed by atoms with van der Waals surface area (Å²) in [5, 5.41) is 3.80. The molecule has 0 bridgehead atoms. The van der Waals surface area contributed by atoms with E-state index < -0.39 is 0 Å². The number of hydrogen-bond donors (Lipinski definition) is 2. The van der Waals surface area contributed by atoms with Crippen LogP contribution in [0.4, 0.5) is 16.6 Å². The fourth-order valence-corrected chi connectivity index (χ4v) is 3.48. The molecule has 2 aromatic rings. The Morgan fingerprint density at radius 1 is 1.48 bits per heavy atom. The highest BCUT2D eigenvalue weighted by Crippen LogP contribution is 2.32. The zero-order valence-electron chi connectivity index (χ0n) is 11.9. The summed E-state index contributed by atoms with van der Waals surface area (Å²) in [7, 11) is 0. The van der Waals surface area contributed by atoms with Gasteiger partial charge in [-0.1, -0.05) is 29.5 Å². The van der Waals surface area contributed by atoms with Gasteiger partial charge in [-0.2, -0.15) is 0 Å². The van der Waals surface area contributed by atoms with Gasteiger partial charge in [-0.05, 0) is 31.4 Å². The van der Waals surface area contributed by atoms with E-state index in [1.54, 1.807) is 0 Å². The minimum Gasteiger partial charge on any atom is -0.382 e. The van der Waals surface area contributed by atoms with Crippen molar-refractivity contribution in [3.8, 4) is 0 Å². The largest absolute Gasteiger partial charge is 0.382 e. The van der Waals surface area contributed by atoms with Gasteiger partial charge in [-0.25, -0.2) is 4.98 Å². The fourth-order valence-electron chi connectivity index (χ4n) is 2.58. The molecule has 3 rings (SSSR count). The molecule has 0 radical (unpaired) electrons. The van der Waals surface area contributed by atoms with E-state index in [0.717, 1.165) is 31.6 Å². The highest BCUT2D eigenvalue weighted by molar-refractivity contribution is 7.18. The number of nitrogens with zero attached hydrogens (tertiary/aromatic N) is 2. The first kappa shape index (κ1) is 13.9. The SMILES string of the molecule is CCNc1nc(N)c(C(=O)N2CCCc3ccccc32)s1. The van der Waals surface area contributed by atoms with Gasteiger partial charge in [0.2, 0.25) is 0 Å². The molecule has 0 aliphatic carbocycles. The van der Waals surface area contributed by atoms with Crippen molar-refractivity contribution in [2.45, 2.75) is 19.8 Å². The third-order valence-electron chi connectivity index (χ3n) is 3.53. The maximum atomic E-state index is 12.8. The lowest BCUT2D eigenvalue weighted by molar-refractivity contribution is 0.0989. The van der Waals surface area contributed by atoms with Crippen molar-refractivity contribution in [2.24, 2.45) is 0 Å². The number of hydrogen-bond acceptors (Lipinski definition) is 5. The van der Waals surface area contributed by atoms with Crippen LogP contribution in [0.2, 0.25) is 0 Å². The first-order chi connectivity index (χ1) is 10.2. The molecule has 21 heavy (non-hydrogen) atoms. The number of rotatable bonds is 3. The van der Waals surface area contributed by atoms with Gasteiger partial charge in [0, 0.05) is 18.8 Å². The van der Waals surface area contributed by atoms with Crippen LogP contribution in [0.25, 0.3) is 0 Å². The number of carbonyl (C=O) groups excluding carboxylic acids is 1. The first-order valence-electron chi connectivity index (χ1n) is 7.10. The van der Waals surface area contributed by atoms with Gasteiger partial charge in [0.25, 0.3) is 5.91 Å².